The second-order valence-electron chi connectivity index (χ2n) is 7.43. The Hall–Kier alpha value is -2.41. The maximum atomic E-state index is 12.4. The Morgan fingerprint density at radius 3 is 2.63 bits per heavy atom. The van der Waals surface area contributed by atoms with Crippen molar-refractivity contribution in [2.45, 2.75) is 58.7 Å². The van der Waals surface area contributed by atoms with Crippen LogP contribution in [0.4, 0.5) is 11.4 Å². The zero-order valence-corrected chi connectivity index (χ0v) is 16.4. The van der Waals surface area contributed by atoms with Crippen molar-refractivity contribution in [1.82, 2.24) is 10.1 Å². The number of para-hydroxylation sites is 2. The van der Waals surface area contributed by atoms with Gasteiger partial charge in [-0.3, -0.25) is 4.79 Å². The zero-order valence-electron chi connectivity index (χ0n) is 16.4. The number of morpholine rings is 1. The van der Waals surface area contributed by atoms with Crippen LogP contribution in [0.1, 0.15) is 51.7 Å². The van der Waals surface area contributed by atoms with Gasteiger partial charge in [-0.25, -0.2) is 0 Å². The van der Waals surface area contributed by atoms with E-state index >= 15 is 0 Å². The Labute approximate surface area is 160 Å². The van der Waals surface area contributed by atoms with E-state index in [9.17, 15) is 4.79 Å². The highest BCUT2D eigenvalue weighted by molar-refractivity contribution is 5.94. The molecule has 146 valence electrons. The molecule has 1 amide bonds. The van der Waals surface area contributed by atoms with Gasteiger partial charge in [-0.05, 0) is 26.0 Å². The van der Waals surface area contributed by atoms with Crippen molar-refractivity contribution in [3.8, 4) is 0 Å². The van der Waals surface area contributed by atoms with Crippen LogP contribution in [0, 0.1) is 0 Å². The topological polar surface area (TPSA) is 80.5 Å². The number of benzene rings is 1. The molecule has 1 fully saturated rings. The number of ether oxygens (including phenoxy) is 1. The highest BCUT2D eigenvalue weighted by Gasteiger charge is 2.24. The molecule has 2 aromatic rings. The van der Waals surface area contributed by atoms with E-state index in [-0.39, 0.29) is 24.0 Å². The van der Waals surface area contributed by atoms with Crippen LogP contribution >= 0.6 is 0 Å². The molecule has 2 atom stereocenters. The summed E-state index contributed by atoms with van der Waals surface area (Å²) in [5, 5.41) is 6.96. The van der Waals surface area contributed by atoms with Gasteiger partial charge in [0.25, 0.3) is 0 Å². The zero-order chi connectivity index (χ0) is 19.4. The minimum atomic E-state index is -0.0684. The lowest BCUT2D eigenvalue weighted by Gasteiger charge is -2.37. The van der Waals surface area contributed by atoms with E-state index in [2.05, 4.69) is 34.2 Å². The van der Waals surface area contributed by atoms with E-state index in [1.165, 1.54) is 0 Å². The van der Waals surface area contributed by atoms with Crippen LogP contribution in [0.25, 0.3) is 0 Å². The van der Waals surface area contributed by atoms with Gasteiger partial charge < -0.3 is 19.5 Å². The number of amides is 1. The molecule has 7 heteroatoms. The first-order valence-electron chi connectivity index (χ1n) is 9.54. The highest BCUT2D eigenvalue weighted by atomic mass is 16.5. The molecule has 0 spiro atoms. The van der Waals surface area contributed by atoms with Crippen LogP contribution in [-0.4, -0.2) is 41.3 Å². The number of nitrogens with one attached hydrogen (secondary N) is 1. The van der Waals surface area contributed by atoms with Gasteiger partial charge in [0.2, 0.25) is 11.8 Å². The van der Waals surface area contributed by atoms with Crippen molar-refractivity contribution in [3.63, 3.8) is 0 Å². The molecule has 1 aromatic heterocycles. The molecule has 1 aliphatic heterocycles. The maximum Gasteiger partial charge on any atom is 0.227 e. The summed E-state index contributed by atoms with van der Waals surface area (Å²) in [5.74, 6) is 1.31. The van der Waals surface area contributed by atoms with E-state index in [4.69, 9.17) is 9.26 Å². The molecule has 1 aromatic carbocycles. The predicted octanol–water partition coefficient (Wildman–Crippen LogP) is 3.38. The molecule has 1 N–H and O–H groups in total. The SMILES string of the molecule is CC1CN(c2ccccc2NC(=O)CCc2nc(C(C)C)no2)CC(C)O1. The third kappa shape index (κ3) is 5.07. The van der Waals surface area contributed by atoms with E-state index in [0.29, 0.717) is 24.6 Å². The summed E-state index contributed by atoms with van der Waals surface area (Å²) in [7, 11) is 0. The summed E-state index contributed by atoms with van der Waals surface area (Å²) in [6.45, 7) is 9.75. The monoisotopic (exact) mass is 372 g/mol. The van der Waals surface area contributed by atoms with Gasteiger partial charge in [0.05, 0.1) is 23.6 Å². The highest BCUT2D eigenvalue weighted by Crippen LogP contribution is 2.28. The molecule has 1 saturated heterocycles. The van der Waals surface area contributed by atoms with Gasteiger partial charge in [0, 0.05) is 31.8 Å². The molecule has 3 rings (SSSR count). The lowest BCUT2D eigenvalue weighted by atomic mass is 10.1. The second kappa shape index (κ2) is 8.52. The van der Waals surface area contributed by atoms with Crippen molar-refractivity contribution in [2.75, 3.05) is 23.3 Å². The number of nitrogens with zero attached hydrogens (tertiary/aromatic N) is 3. The second-order valence-corrected chi connectivity index (χ2v) is 7.43. The van der Waals surface area contributed by atoms with Crippen LogP contribution < -0.4 is 10.2 Å². The molecule has 2 heterocycles. The van der Waals surface area contributed by atoms with Crippen LogP contribution in [0.5, 0.6) is 0 Å². The van der Waals surface area contributed by atoms with Gasteiger partial charge in [-0.15, -0.1) is 0 Å². The average Bonchev–Trinajstić information content (AvgIpc) is 3.09. The van der Waals surface area contributed by atoms with Crippen molar-refractivity contribution in [1.29, 1.82) is 0 Å². The van der Waals surface area contributed by atoms with Gasteiger partial charge in [-0.2, -0.15) is 4.98 Å². The Balaban J connectivity index is 1.62. The number of carbonyl (C=O) groups excluding carboxylic acids is 1. The summed E-state index contributed by atoms with van der Waals surface area (Å²) in [6, 6.07) is 7.88. The van der Waals surface area contributed by atoms with Crippen LogP contribution in [0.15, 0.2) is 28.8 Å². The van der Waals surface area contributed by atoms with E-state index in [1.54, 1.807) is 0 Å². The smallest absolute Gasteiger partial charge is 0.227 e. The molecular weight excluding hydrogens is 344 g/mol. The molecule has 1 aliphatic rings. The van der Waals surface area contributed by atoms with Crippen molar-refractivity contribution >= 4 is 17.3 Å². The molecule has 0 bridgehead atoms. The number of rotatable bonds is 6. The Morgan fingerprint density at radius 2 is 1.96 bits per heavy atom. The molecule has 0 aliphatic carbocycles. The number of hydrogen-bond acceptors (Lipinski definition) is 6. The summed E-state index contributed by atoms with van der Waals surface area (Å²) in [5.41, 5.74) is 1.84. The number of aromatic nitrogens is 2. The molecule has 0 saturated carbocycles. The lowest BCUT2D eigenvalue weighted by molar-refractivity contribution is -0.116. The fourth-order valence-corrected chi connectivity index (χ4v) is 3.27. The summed E-state index contributed by atoms with van der Waals surface area (Å²) in [4.78, 5) is 19.0. The predicted molar refractivity (Wildman–Crippen MR) is 104 cm³/mol. The largest absolute Gasteiger partial charge is 0.372 e. The third-order valence-corrected chi connectivity index (χ3v) is 4.50. The first-order valence-corrected chi connectivity index (χ1v) is 9.54. The standard InChI is InChI=1S/C20H28N4O3/c1-13(2)20-22-19(27-23-20)10-9-18(25)21-16-7-5-6-8-17(16)24-11-14(3)26-15(4)12-24/h5-8,13-15H,9-12H2,1-4H3,(H,21,25). The Kier molecular flexibility index (Phi) is 6.11. The molecule has 7 nitrogen and oxygen atoms in total. The van der Waals surface area contributed by atoms with Crippen LogP contribution in [0.3, 0.4) is 0 Å². The fourth-order valence-electron chi connectivity index (χ4n) is 3.27. The van der Waals surface area contributed by atoms with Crippen molar-refractivity contribution in [3.05, 3.63) is 36.0 Å². The number of hydrogen-bond donors (Lipinski definition) is 1. The summed E-state index contributed by atoms with van der Waals surface area (Å²) in [6.07, 6.45) is 1.04. The van der Waals surface area contributed by atoms with Crippen molar-refractivity contribution in [2.24, 2.45) is 0 Å². The first kappa shape index (κ1) is 19.4. The van der Waals surface area contributed by atoms with Crippen LogP contribution in [-0.2, 0) is 16.0 Å². The first-order chi connectivity index (χ1) is 12.9. The Morgan fingerprint density at radius 1 is 1.26 bits per heavy atom. The van der Waals surface area contributed by atoms with Gasteiger partial charge in [-0.1, -0.05) is 31.1 Å². The number of carbonyl (C=O) groups is 1. The van der Waals surface area contributed by atoms with E-state index in [1.807, 2.05) is 38.1 Å². The fraction of sp³-hybridized carbons (Fsp3) is 0.550. The average molecular weight is 372 g/mol. The molecule has 27 heavy (non-hydrogen) atoms. The van der Waals surface area contributed by atoms with Gasteiger partial charge in [0.15, 0.2) is 5.82 Å². The molecule has 2 unspecified atom stereocenters. The van der Waals surface area contributed by atoms with Gasteiger partial charge >= 0.3 is 0 Å². The minimum Gasteiger partial charge on any atom is -0.372 e. The Bertz CT molecular complexity index is 764. The van der Waals surface area contributed by atoms with Crippen molar-refractivity contribution < 1.29 is 14.1 Å². The number of anilines is 2. The third-order valence-electron chi connectivity index (χ3n) is 4.50. The number of aryl methyl sites for hydroxylation is 1. The van der Waals surface area contributed by atoms with E-state index < -0.39 is 0 Å². The summed E-state index contributed by atoms with van der Waals surface area (Å²) >= 11 is 0. The molecular formula is C20H28N4O3. The quantitative estimate of drug-likeness (QED) is 0.837. The van der Waals surface area contributed by atoms with Gasteiger partial charge in [0.1, 0.15) is 0 Å². The van der Waals surface area contributed by atoms with E-state index in [0.717, 1.165) is 24.5 Å². The summed E-state index contributed by atoms with van der Waals surface area (Å²) < 4.78 is 11.0. The lowest BCUT2D eigenvalue weighted by Crippen LogP contribution is -2.45. The minimum absolute atomic E-state index is 0.0684. The normalized spacial score (nSPS) is 20.1. The maximum absolute atomic E-state index is 12.4. The molecule has 0 radical (unpaired) electrons. The van der Waals surface area contributed by atoms with Crippen LogP contribution in [0.2, 0.25) is 0 Å².